The van der Waals surface area contributed by atoms with Crippen LogP contribution in [0, 0.1) is 0 Å². The fraction of sp³-hybridized carbons (Fsp3) is 0.636. The quantitative estimate of drug-likeness (QED) is 0.463. The molecule has 0 spiro atoms. The first-order valence-electron chi connectivity index (χ1n) is 6.08. The summed E-state index contributed by atoms with van der Waals surface area (Å²) in [5, 5.41) is 6.14. The van der Waals surface area contributed by atoms with Crippen molar-refractivity contribution in [1.82, 2.24) is 10.2 Å². The van der Waals surface area contributed by atoms with Crippen LogP contribution in [0.25, 0.3) is 0 Å². The molecule has 0 aliphatic carbocycles. The van der Waals surface area contributed by atoms with Crippen LogP contribution in [0.5, 0.6) is 0 Å². The summed E-state index contributed by atoms with van der Waals surface area (Å²) < 4.78 is 33.1. The number of hydrogen-bond donors (Lipinski definition) is 1. The number of carbonyl (C=O) groups excluding carboxylic acids is 1. The van der Waals surface area contributed by atoms with Gasteiger partial charge in [0.25, 0.3) is 9.05 Å². The normalized spacial score (nSPS) is 11.8. The molecule has 0 aliphatic rings. The van der Waals surface area contributed by atoms with Crippen LogP contribution >= 0.6 is 10.7 Å². The van der Waals surface area contributed by atoms with E-state index in [2.05, 4.69) is 10.2 Å². The Hall–Kier alpha value is -1.12. The van der Waals surface area contributed by atoms with Crippen LogP contribution in [-0.4, -0.2) is 43.9 Å². The summed E-state index contributed by atoms with van der Waals surface area (Å²) in [7, 11) is 1.24. The van der Waals surface area contributed by atoms with E-state index in [1.165, 1.54) is 0 Å². The zero-order valence-electron chi connectivity index (χ0n) is 11.5. The highest BCUT2D eigenvalue weighted by molar-refractivity contribution is 8.13. The first-order chi connectivity index (χ1) is 9.27. The van der Waals surface area contributed by atoms with Crippen molar-refractivity contribution in [2.75, 3.05) is 13.2 Å². The van der Waals surface area contributed by atoms with E-state index < -0.39 is 15.0 Å². The molecular weight excluding hydrogens is 308 g/mol. The molecule has 0 atom stereocenters. The maximum Gasteiger partial charge on any atom is 0.360 e. The Morgan fingerprint density at radius 3 is 2.55 bits per heavy atom. The molecule has 0 saturated heterocycles. The van der Waals surface area contributed by atoms with Gasteiger partial charge in [0, 0.05) is 10.7 Å². The molecule has 0 fully saturated rings. The lowest BCUT2D eigenvalue weighted by Gasteiger charge is -2.07. The average molecular weight is 325 g/mol. The molecule has 20 heavy (non-hydrogen) atoms. The highest BCUT2D eigenvalue weighted by atomic mass is 35.7. The molecule has 9 heteroatoms. The van der Waals surface area contributed by atoms with Gasteiger partial charge in [-0.25, -0.2) is 13.2 Å². The van der Waals surface area contributed by atoms with Crippen molar-refractivity contribution in [3.8, 4) is 0 Å². The number of carbonyl (C=O) groups is 1. The molecule has 1 heterocycles. The van der Waals surface area contributed by atoms with Crippen LogP contribution in [-0.2, 0) is 24.9 Å². The second-order valence-electron chi connectivity index (χ2n) is 4.23. The Balaban J connectivity index is 2.81. The van der Waals surface area contributed by atoms with Crippen molar-refractivity contribution < 1.29 is 22.7 Å². The molecule has 0 amide bonds. The van der Waals surface area contributed by atoms with Gasteiger partial charge in [0.1, 0.15) is 11.5 Å². The van der Waals surface area contributed by atoms with E-state index in [0.717, 1.165) is 0 Å². The number of aryl methyl sites for hydroxylation is 1. The van der Waals surface area contributed by atoms with E-state index in [1.807, 2.05) is 13.8 Å². The van der Waals surface area contributed by atoms with Crippen LogP contribution < -0.4 is 0 Å². The monoisotopic (exact) mass is 324 g/mol. The number of aromatic nitrogens is 2. The first-order valence-corrected chi connectivity index (χ1v) is 8.38. The molecule has 1 aromatic heterocycles. The van der Waals surface area contributed by atoms with Crippen molar-refractivity contribution >= 4 is 25.7 Å². The van der Waals surface area contributed by atoms with Crippen molar-refractivity contribution in [3.05, 3.63) is 11.4 Å². The summed E-state index contributed by atoms with van der Waals surface area (Å²) in [5.74, 6) is -0.854. The lowest BCUT2D eigenvalue weighted by atomic mass is 10.3. The minimum Gasteiger partial charge on any atom is -0.458 e. The van der Waals surface area contributed by atoms with Gasteiger partial charge in [-0.1, -0.05) is 6.92 Å². The SMILES string of the molecule is CCc1[nH]nc(C(=O)OCCOC(C)C)c1S(=O)(=O)Cl. The van der Waals surface area contributed by atoms with Crippen LogP contribution in [0.3, 0.4) is 0 Å². The van der Waals surface area contributed by atoms with Gasteiger partial charge in [0.05, 0.1) is 18.4 Å². The second kappa shape index (κ2) is 7.05. The Morgan fingerprint density at radius 2 is 2.05 bits per heavy atom. The van der Waals surface area contributed by atoms with E-state index in [4.69, 9.17) is 20.2 Å². The lowest BCUT2D eigenvalue weighted by molar-refractivity contribution is 0.0170. The number of rotatable bonds is 7. The van der Waals surface area contributed by atoms with Crippen molar-refractivity contribution in [3.63, 3.8) is 0 Å². The maximum absolute atomic E-state index is 11.8. The summed E-state index contributed by atoms with van der Waals surface area (Å²) in [6.45, 7) is 5.64. The van der Waals surface area contributed by atoms with Gasteiger partial charge < -0.3 is 9.47 Å². The van der Waals surface area contributed by atoms with E-state index >= 15 is 0 Å². The average Bonchev–Trinajstić information content (AvgIpc) is 2.77. The largest absolute Gasteiger partial charge is 0.458 e. The number of H-pyrrole nitrogens is 1. The molecule has 1 rings (SSSR count). The molecule has 0 saturated carbocycles. The van der Waals surface area contributed by atoms with Crippen LogP contribution in [0.15, 0.2) is 4.90 Å². The fourth-order valence-corrected chi connectivity index (χ4v) is 2.84. The fourth-order valence-electron chi connectivity index (χ4n) is 1.49. The van der Waals surface area contributed by atoms with E-state index in [9.17, 15) is 13.2 Å². The molecule has 1 aromatic rings. The molecule has 114 valence electrons. The minimum absolute atomic E-state index is 0.00705. The predicted octanol–water partition coefficient (Wildman–Crippen LogP) is 1.48. The standard InChI is InChI=1S/C11H17ClN2O5S/c1-4-8-10(20(12,16)17)9(14-13-8)11(15)19-6-5-18-7(2)3/h7H,4-6H2,1-3H3,(H,13,14). The lowest BCUT2D eigenvalue weighted by Crippen LogP contribution is -2.15. The van der Waals surface area contributed by atoms with Crippen molar-refractivity contribution in [2.24, 2.45) is 0 Å². The highest BCUT2D eigenvalue weighted by Crippen LogP contribution is 2.23. The third-order valence-electron chi connectivity index (χ3n) is 2.35. The van der Waals surface area contributed by atoms with Crippen molar-refractivity contribution in [1.29, 1.82) is 0 Å². The van der Waals surface area contributed by atoms with Gasteiger partial charge in [-0.05, 0) is 20.3 Å². The molecule has 0 aromatic carbocycles. The van der Waals surface area contributed by atoms with Crippen LogP contribution in [0.2, 0.25) is 0 Å². The predicted molar refractivity (Wildman–Crippen MR) is 72.4 cm³/mol. The molecule has 1 N–H and O–H groups in total. The summed E-state index contributed by atoms with van der Waals surface area (Å²) >= 11 is 0. The van der Waals surface area contributed by atoms with Crippen LogP contribution in [0.4, 0.5) is 0 Å². The first kappa shape index (κ1) is 16.9. The van der Waals surface area contributed by atoms with Gasteiger partial charge in [-0.3, -0.25) is 5.10 Å². The Morgan fingerprint density at radius 1 is 1.40 bits per heavy atom. The molecule has 0 bridgehead atoms. The summed E-state index contributed by atoms with van der Waals surface area (Å²) in [6.07, 6.45) is 0.363. The third-order valence-corrected chi connectivity index (χ3v) is 3.74. The number of ether oxygens (including phenoxy) is 2. The Bertz CT molecular complexity index is 567. The number of halogens is 1. The summed E-state index contributed by atoms with van der Waals surface area (Å²) in [5.41, 5.74) is -0.0632. The van der Waals surface area contributed by atoms with Gasteiger partial charge in [0.2, 0.25) is 0 Å². The van der Waals surface area contributed by atoms with E-state index in [-0.39, 0.29) is 35.6 Å². The number of hydrogen-bond acceptors (Lipinski definition) is 6. The smallest absolute Gasteiger partial charge is 0.360 e. The number of aromatic amines is 1. The second-order valence-corrected chi connectivity index (χ2v) is 6.73. The van der Waals surface area contributed by atoms with E-state index in [0.29, 0.717) is 6.42 Å². The molecule has 0 unspecified atom stereocenters. The molecule has 7 nitrogen and oxygen atoms in total. The van der Waals surface area contributed by atoms with Gasteiger partial charge >= 0.3 is 5.97 Å². The zero-order chi connectivity index (χ0) is 15.3. The van der Waals surface area contributed by atoms with Crippen molar-refractivity contribution in [2.45, 2.75) is 38.2 Å². The number of nitrogens with zero attached hydrogens (tertiary/aromatic N) is 1. The molecule has 0 radical (unpaired) electrons. The summed E-state index contributed by atoms with van der Waals surface area (Å²) in [6, 6.07) is 0. The summed E-state index contributed by atoms with van der Waals surface area (Å²) in [4.78, 5) is 11.5. The Labute approximate surface area is 122 Å². The topological polar surface area (TPSA) is 98.3 Å². The molecule has 0 aliphatic heterocycles. The molecular formula is C11H17ClN2O5S. The van der Waals surface area contributed by atoms with Gasteiger partial charge in [0.15, 0.2) is 5.69 Å². The minimum atomic E-state index is -4.08. The maximum atomic E-state index is 11.8. The van der Waals surface area contributed by atoms with E-state index in [1.54, 1.807) is 6.92 Å². The third kappa shape index (κ3) is 4.46. The number of esters is 1. The Kier molecular flexibility index (Phi) is 5.97. The number of nitrogens with one attached hydrogen (secondary N) is 1. The highest BCUT2D eigenvalue weighted by Gasteiger charge is 2.28. The van der Waals surface area contributed by atoms with Gasteiger partial charge in [-0.15, -0.1) is 0 Å². The van der Waals surface area contributed by atoms with Gasteiger partial charge in [-0.2, -0.15) is 5.10 Å². The zero-order valence-corrected chi connectivity index (χ0v) is 13.0. The van der Waals surface area contributed by atoms with Crippen LogP contribution in [0.1, 0.15) is 37.0 Å².